The van der Waals surface area contributed by atoms with Crippen molar-refractivity contribution in [1.82, 2.24) is 14.9 Å². The molecular formula is C15H23N3O. The Kier molecular flexibility index (Phi) is 5.36. The lowest BCUT2D eigenvalue weighted by Gasteiger charge is -2.02. The number of pyridine rings is 1. The second-order valence-electron chi connectivity index (χ2n) is 4.83. The molecule has 0 aliphatic rings. The maximum Gasteiger partial charge on any atom is 0.140 e. The van der Waals surface area contributed by atoms with Gasteiger partial charge in [-0.15, -0.1) is 0 Å². The average molecular weight is 261 g/mol. The predicted molar refractivity (Wildman–Crippen MR) is 78.1 cm³/mol. The highest BCUT2D eigenvalue weighted by atomic mass is 16.2. The molecule has 2 rings (SSSR count). The largest absolute Gasteiger partial charge is 0.396 e. The van der Waals surface area contributed by atoms with E-state index in [0.29, 0.717) is 0 Å². The lowest BCUT2D eigenvalue weighted by atomic mass is 10.2. The summed E-state index contributed by atoms with van der Waals surface area (Å²) in [4.78, 5) is 4.48. The van der Waals surface area contributed by atoms with Crippen LogP contribution in [-0.2, 0) is 13.1 Å². The fourth-order valence-corrected chi connectivity index (χ4v) is 2.30. The smallest absolute Gasteiger partial charge is 0.140 e. The van der Waals surface area contributed by atoms with Crippen LogP contribution < -0.4 is 5.32 Å². The lowest BCUT2D eigenvalue weighted by Crippen LogP contribution is -2.13. The maximum atomic E-state index is 8.87. The number of fused-ring (bicyclic) bond motifs is 1. The van der Waals surface area contributed by atoms with Gasteiger partial charge in [0.1, 0.15) is 5.65 Å². The molecule has 2 aromatic rings. The number of unbranched alkanes of at least 4 members (excludes halogenated alkanes) is 1. The topological polar surface area (TPSA) is 50.1 Å². The van der Waals surface area contributed by atoms with E-state index >= 15 is 0 Å². The van der Waals surface area contributed by atoms with E-state index < -0.39 is 0 Å². The van der Waals surface area contributed by atoms with E-state index in [1.165, 1.54) is 10.9 Å². The molecule has 0 aliphatic carbocycles. The monoisotopic (exact) mass is 261 g/mol. The van der Waals surface area contributed by atoms with Crippen LogP contribution in [0.25, 0.3) is 11.0 Å². The summed E-state index contributed by atoms with van der Waals surface area (Å²) in [5.41, 5.74) is 2.36. The minimum absolute atomic E-state index is 0.261. The van der Waals surface area contributed by atoms with Crippen molar-refractivity contribution in [3.05, 3.63) is 30.1 Å². The number of aliphatic hydroxyl groups excluding tert-OH is 1. The molecule has 0 bridgehead atoms. The Morgan fingerprint density at radius 2 is 2.26 bits per heavy atom. The van der Waals surface area contributed by atoms with Crippen LogP contribution in [0.4, 0.5) is 0 Å². The Balaban J connectivity index is 2.16. The molecule has 0 radical (unpaired) electrons. The van der Waals surface area contributed by atoms with Gasteiger partial charge in [0.25, 0.3) is 0 Å². The van der Waals surface area contributed by atoms with Gasteiger partial charge in [-0.1, -0.05) is 6.92 Å². The molecular weight excluding hydrogens is 238 g/mol. The van der Waals surface area contributed by atoms with E-state index in [-0.39, 0.29) is 6.61 Å². The molecule has 2 N–H and O–H groups in total. The van der Waals surface area contributed by atoms with Gasteiger partial charge in [0.2, 0.25) is 0 Å². The number of aromatic nitrogens is 2. The Morgan fingerprint density at radius 1 is 1.37 bits per heavy atom. The van der Waals surface area contributed by atoms with Gasteiger partial charge in [-0.2, -0.15) is 0 Å². The van der Waals surface area contributed by atoms with Crippen LogP contribution in [0, 0.1) is 0 Å². The van der Waals surface area contributed by atoms with E-state index in [4.69, 9.17) is 5.11 Å². The van der Waals surface area contributed by atoms with Gasteiger partial charge in [0.05, 0.1) is 0 Å². The molecule has 19 heavy (non-hydrogen) atoms. The molecule has 0 fully saturated rings. The highest BCUT2D eigenvalue weighted by Crippen LogP contribution is 2.19. The minimum Gasteiger partial charge on any atom is -0.396 e. The van der Waals surface area contributed by atoms with Gasteiger partial charge in [0.15, 0.2) is 0 Å². The standard InChI is InChI=1S/C15H23N3O/c1-2-7-16-11-13-12-18(9-3-4-10-19)15-14(13)6-5-8-17-15/h5-6,8,12,16,19H,2-4,7,9-11H2,1H3. The van der Waals surface area contributed by atoms with Crippen molar-refractivity contribution in [3.8, 4) is 0 Å². The zero-order chi connectivity index (χ0) is 13.5. The van der Waals surface area contributed by atoms with Crippen LogP contribution in [0.5, 0.6) is 0 Å². The molecule has 4 nitrogen and oxygen atoms in total. The molecule has 4 heteroatoms. The van der Waals surface area contributed by atoms with Gasteiger partial charge in [-0.25, -0.2) is 4.98 Å². The molecule has 0 atom stereocenters. The second kappa shape index (κ2) is 7.26. The fourth-order valence-electron chi connectivity index (χ4n) is 2.30. The summed E-state index contributed by atoms with van der Waals surface area (Å²) in [6, 6.07) is 4.12. The zero-order valence-electron chi connectivity index (χ0n) is 11.6. The van der Waals surface area contributed by atoms with Crippen LogP contribution in [0.3, 0.4) is 0 Å². The van der Waals surface area contributed by atoms with Crippen LogP contribution in [0.2, 0.25) is 0 Å². The Bertz CT molecular complexity index is 463. The minimum atomic E-state index is 0.261. The molecule has 0 aromatic carbocycles. The maximum absolute atomic E-state index is 8.87. The number of aliphatic hydroxyl groups is 1. The summed E-state index contributed by atoms with van der Waals surface area (Å²) >= 11 is 0. The summed E-state index contributed by atoms with van der Waals surface area (Å²) in [7, 11) is 0. The number of rotatable bonds is 8. The molecule has 0 saturated heterocycles. The van der Waals surface area contributed by atoms with Gasteiger partial charge in [0, 0.05) is 37.5 Å². The van der Waals surface area contributed by atoms with Crippen molar-refractivity contribution < 1.29 is 5.11 Å². The third kappa shape index (κ3) is 3.55. The van der Waals surface area contributed by atoms with Crippen molar-refractivity contribution in [1.29, 1.82) is 0 Å². The number of nitrogens with zero attached hydrogens (tertiary/aromatic N) is 2. The second-order valence-corrected chi connectivity index (χ2v) is 4.83. The van der Waals surface area contributed by atoms with Crippen LogP contribution in [-0.4, -0.2) is 27.8 Å². The van der Waals surface area contributed by atoms with E-state index in [1.54, 1.807) is 0 Å². The first-order valence-corrected chi connectivity index (χ1v) is 7.11. The molecule has 0 amide bonds. The van der Waals surface area contributed by atoms with Crippen molar-refractivity contribution in [3.63, 3.8) is 0 Å². The number of nitrogens with one attached hydrogen (secondary N) is 1. The first-order valence-electron chi connectivity index (χ1n) is 7.11. The molecule has 0 saturated carbocycles. The molecule has 2 heterocycles. The fraction of sp³-hybridized carbons (Fsp3) is 0.533. The van der Waals surface area contributed by atoms with Crippen molar-refractivity contribution in [2.45, 2.75) is 39.3 Å². The van der Waals surface area contributed by atoms with E-state index in [9.17, 15) is 0 Å². The summed E-state index contributed by atoms with van der Waals surface area (Å²) in [5, 5.41) is 13.5. The van der Waals surface area contributed by atoms with E-state index in [2.05, 4.69) is 34.1 Å². The first-order chi connectivity index (χ1) is 9.36. The van der Waals surface area contributed by atoms with Crippen LogP contribution in [0.1, 0.15) is 31.7 Å². The zero-order valence-corrected chi connectivity index (χ0v) is 11.6. The van der Waals surface area contributed by atoms with E-state index in [0.717, 1.165) is 44.5 Å². The molecule has 0 unspecified atom stereocenters. The third-order valence-corrected chi connectivity index (χ3v) is 3.27. The van der Waals surface area contributed by atoms with Crippen molar-refractivity contribution in [2.75, 3.05) is 13.2 Å². The van der Waals surface area contributed by atoms with Gasteiger partial charge >= 0.3 is 0 Å². The molecule has 0 spiro atoms. The Hall–Kier alpha value is -1.39. The highest BCUT2D eigenvalue weighted by Gasteiger charge is 2.08. The van der Waals surface area contributed by atoms with Crippen LogP contribution >= 0.6 is 0 Å². The number of hydrogen-bond donors (Lipinski definition) is 2. The first kappa shape index (κ1) is 14.0. The number of aryl methyl sites for hydroxylation is 1. The Morgan fingerprint density at radius 3 is 3.05 bits per heavy atom. The quantitative estimate of drug-likeness (QED) is 0.717. The normalized spacial score (nSPS) is 11.3. The molecule has 2 aromatic heterocycles. The average Bonchev–Trinajstić information content (AvgIpc) is 2.79. The van der Waals surface area contributed by atoms with Crippen molar-refractivity contribution in [2.24, 2.45) is 0 Å². The third-order valence-electron chi connectivity index (χ3n) is 3.27. The van der Waals surface area contributed by atoms with Crippen molar-refractivity contribution >= 4 is 11.0 Å². The summed E-state index contributed by atoms with van der Waals surface area (Å²) < 4.78 is 2.20. The number of hydrogen-bond acceptors (Lipinski definition) is 3. The summed E-state index contributed by atoms with van der Waals surface area (Å²) in [6.07, 6.45) is 7.01. The van der Waals surface area contributed by atoms with Gasteiger partial charge < -0.3 is 15.0 Å². The Labute approximate surface area is 114 Å². The van der Waals surface area contributed by atoms with Crippen LogP contribution in [0.15, 0.2) is 24.5 Å². The highest BCUT2D eigenvalue weighted by molar-refractivity contribution is 5.80. The molecule has 104 valence electrons. The molecule has 0 aliphatic heterocycles. The lowest BCUT2D eigenvalue weighted by molar-refractivity contribution is 0.281. The van der Waals surface area contributed by atoms with Gasteiger partial charge in [-0.3, -0.25) is 0 Å². The SMILES string of the molecule is CCCNCc1cn(CCCCO)c2ncccc12. The predicted octanol–water partition coefficient (Wildman–Crippen LogP) is 2.31. The van der Waals surface area contributed by atoms with Gasteiger partial charge in [-0.05, 0) is 43.5 Å². The summed E-state index contributed by atoms with van der Waals surface area (Å²) in [6.45, 7) is 5.28. The summed E-state index contributed by atoms with van der Waals surface area (Å²) in [5.74, 6) is 0. The van der Waals surface area contributed by atoms with E-state index in [1.807, 2.05) is 12.3 Å².